The third kappa shape index (κ3) is 3.56. The summed E-state index contributed by atoms with van der Waals surface area (Å²) in [5.74, 6) is -0.738. The van der Waals surface area contributed by atoms with Crippen LogP contribution in [0.2, 0.25) is 0 Å². The molecule has 3 N–H and O–H groups in total. The van der Waals surface area contributed by atoms with Crippen LogP contribution in [0.15, 0.2) is 39.9 Å². The molecule has 0 bridgehead atoms. The van der Waals surface area contributed by atoms with Gasteiger partial charge in [-0.3, -0.25) is 0 Å². The summed E-state index contributed by atoms with van der Waals surface area (Å²) in [6.07, 6.45) is 0.584. The van der Waals surface area contributed by atoms with Crippen molar-refractivity contribution < 1.29 is 12.8 Å². The van der Waals surface area contributed by atoms with Crippen LogP contribution < -0.4 is 10.5 Å². The summed E-state index contributed by atoms with van der Waals surface area (Å²) in [6.45, 7) is 1.77. The van der Waals surface area contributed by atoms with Gasteiger partial charge in [0.15, 0.2) is 0 Å². The van der Waals surface area contributed by atoms with E-state index in [1.807, 2.05) is 16.8 Å². The lowest BCUT2D eigenvalue weighted by Crippen LogP contribution is -2.34. The Hall–Kier alpha value is -1.44. The average molecular weight is 314 g/mol. The second kappa shape index (κ2) is 5.90. The highest BCUT2D eigenvalue weighted by Crippen LogP contribution is 2.17. The maximum atomic E-state index is 13.3. The third-order valence-electron chi connectivity index (χ3n) is 2.76. The minimum absolute atomic E-state index is 0.0738. The van der Waals surface area contributed by atoms with E-state index in [4.69, 9.17) is 5.73 Å². The number of halogens is 1. The molecule has 0 fully saturated rings. The summed E-state index contributed by atoms with van der Waals surface area (Å²) in [5.41, 5.74) is 6.32. The van der Waals surface area contributed by atoms with Crippen molar-refractivity contribution in [2.24, 2.45) is 0 Å². The molecule has 0 spiro atoms. The van der Waals surface area contributed by atoms with E-state index in [2.05, 4.69) is 4.72 Å². The maximum absolute atomic E-state index is 13.3. The minimum atomic E-state index is -3.74. The molecule has 108 valence electrons. The molecule has 1 unspecified atom stereocenters. The Bertz CT molecular complexity index is 684. The Morgan fingerprint density at radius 2 is 2.15 bits per heavy atom. The first-order chi connectivity index (χ1) is 9.38. The van der Waals surface area contributed by atoms with Crippen molar-refractivity contribution in [3.63, 3.8) is 0 Å². The number of nitrogen functional groups attached to an aromatic ring is 1. The van der Waals surface area contributed by atoms with Crippen molar-refractivity contribution in [3.8, 4) is 0 Å². The molecule has 0 radical (unpaired) electrons. The maximum Gasteiger partial charge on any atom is 0.240 e. The molecule has 1 aromatic heterocycles. The van der Waals surface area contributed by atoms with E-state index in [9.17, 15) is 12.8 Å². The molecule has 0 aliphatic heterocycles. The van der Waals surface area contributed by atoms with Gasteiger partial charge >= 0.3 is 0 Å². The summed E-state index contributed by atoms with van der Waals surface area (Å²) >= 11 is 1.56. The quantitative estimate of drug-likeness (QED) is 0.832. The zero-order valence-electron chi connectivity index (χ0n) is 10.8. The van der Waals surface area contributed by atoms with Crippen LogP contribution in [-0.2, 0) is 16.4 Å². The van der Waals surface area contributed by atoms with Crippen molar-refractivity contribution >= 4 is 27.0 Å². The number of hydrogen-bond acceptors (Lipinski definition) is 4. The minimum Gasteiger partial charge on any atom is -0.396 e. The van der Waals surface area contributed by atoms with Crippen LogP contribution in [0.4, 0.5) is 10.1 Å². The highest BCUT2D eigenvalue weighted by molar-refractivity contribution is 7.89. The van der Waals surface area contributed by atoms with Crippen LogP contribution in [0.1, 0.15) is 12.5 Å². The molecule has 0 aliphatic carbocycles. The number of hydrogen-bond donors (Lipinski definition) is 2. The Kier molecular flexibility index (Phi) is 4.42. The fourth-order valence-electron chi connectivity index (χ4n) is 1.81. The van der Waals surface area contributed by atoms with E-state index in [1.54, 1.807) is 18.3 Å². The summed E-state index contributed by atoms with van der Waals surface area (Å²) in [6, 6.07) is 5.12. The standard InChI is InChI=1S/C13H15FN2O2S2/c1-9(6-10-4-5-19-8-10)16-20(17,18)11-2-3-13(15)12(14)7-11/h2-5,7-9,16H,6,15H2,1H3. The van der Waals surface area contributed by atoms with Gasteiger partial charge in [0.2, 0.25) is 10.0 Å². The van der Waals surface area contributed by atoms with E-state index >= 15 is 0 Å². The second-order valence-electron chi connectivity index (χ2n) is 4.54. The highest BCUT2D eigenvalue weighted by Gasteiger charge is 2.18. The molecular formula is C13H15FN2O2S2. The fourth-order valence-corrected chi connectivity index (χ4v) is 3.75. The summed E-state index contributed by atoms with van der Waals surface area (Å²) < 4.78 is 40.1. The van der Waals surface area contributed by atoms with Crippen LogP contribution in [-0.4, -0.2) is 14.5 Å². The van der Waals surface area contributed by atoms with Crippen molar-refractivity contribution in [2.75, 3.05) is 5.73 Å². The van der Waals surface area contributed by atoms with E-state index in [-0.39, 0.29) is 16.6 Å². The molecule has 0 saturated heterocycles. The van der Waals surface area contributed by atoms with Crippen LogP contribution in [0.25, 0.3) is 0 Å². The molecule has 1 aromatic carbocycles. The summed E-state index contributed by atoms with van der Waals surface area (Å²) in [4.78, 5) is -0.124. The van der Waals surface area contributed by atoms with Gasteiger partial charge < -0.3 is 5.73 Å². The smallest absolute Gasteiger partial charge is 0.240 e. The number of thiophene rings is 1. The molecule has 0 saturated carbocycles. The predicted molar refractivity (Wildman–Crippen MR) is 78.6 cm³/mol. The second-order valence-corrected chi connectivity index (χ2v) is 7.04. The van der Waals surface area contributed by atoms with Crippen LogP contribution in [0.3, 0.4) is 0 Å². The Balaban J connectivity index is 2.12. The van der Waals surface area contributed by atoms with E-state index in [0.717, 1.165) is 11.6 Å². The number of nitrogens with one attached hydrogen (secondary N) is 1. The van der Waals surface area contributed by atoms with Gasteiger partial charge in [-0.15, -0.1) is 0 Å². The van der Waals surface area contributed by atoms with E-state index in [1.165, 1.54) is 12.1 Å². The molecule has 4 nitrogen and oxygen atoms in total. The molecule has 0 aliphatic rings. The van der Waals surface area contributed by atoms with Gasteiger partial charge in [-0.25, -0.2) is 17.5 Å². The normalized spacial score (nSPS) is 13.3. The monoisotopic (exact) mass is 314 g/mol. The molecule has 1 atom stereocenters. The number of anilines is 1. The molecule has 2 rings (SSSR count). The Labute approximate surface area is 121 Å². The summed E-state index contributed by atoms with van der Waals surface area (Å²) in [7, 11) is -3.74. The fraction of sp³-hybridized carbons (Fsp3) is 0.231. The largest absolute Gasteiger partial charge is 0.396 e. The number of benzene rings is 1. The van der Waals surface area contributed by atoms with Gasteiger partial charge in [0.05, 0.1) is 10.6 Å². The lowest BCUT2D eigenvalue weighted by Gasteiger charge is -2.14. The highest BCUT2D eigenvalue weighted by atomic mass is 32.2. The molecule has 2 aromatic rings. The first-order valence-corrected chi connectivity index (χ1v) is 8.39. The lowest BCUT2D eigenvalue weighted by atomic mass is 10.1. The van der Waals surface area contributed by atoms with E-state index < -0.39 is 15.8 Å². The van der Waals surface area contributed by atoms with Gasteiger partial charge in [0.25, 0.3) is 0 Å². The van der Waals surface area contributed by atoms with Crippen LogP contribution in [0, 0.1) is 5.82 Å². The molecular weight excluding hydrogens is 299 g/mol. The molecule has 1 heterocycles. The van der Waals surface area contributed by atoms with E-state index in [0.29, 0.717) is 6.42 Å². The van der Waals surface area contributed by atoms with Gasteiger partial charge in [0, 0.05) is 6.04 Å². The molecule has 20 heavy (non-hydrogen) atoms. The van der Waals surface area contributed by atoms with Crippen molar-refractivity contribution in [2.45, 2.75) is 24.3 Å². The first-order valence-electron chi connectivity index (χ1n) is 5.97. The zero-order valence-corrected chi connectivity index (χ0v) is 12.5. The van der Waals surface area contributed by atoms with Crippen LogP contribution >= 0.6 is 11.3 Å². The first kappa shape index (κ1) is 15.0. The lowest BCUT2D eigenvalue weighted by molar-refractivity contribution is 0.557. The van der Waals surface area contributed by atoms with Crippen molar-refractivity contribution in [3.05, 3.63) is 46.4 Å². The molecule has 0 amide bonds. The predicted octanol–water partition coefficient (Wildman–Crippen LogP) is 2.38. The van der Waals surface area contributed by atoms with Gasteiger partial charge in [-0.05, 0) is 53.9 Å². The van der Waals surface area contributed by atoms with Gasteiger partial charge in [0.1, 0.15) is 5.82 Å². The van der Waals surface area contributed by atoms with Gasteiger partial charge in [-0.2, -0.15) is 11.3 Å². The Morgan fingerprint density at radius 3 is 2.75 bits per heavy atom. The zero-order chi connectivity index (χ0) is 14.8. The number of nitrogens with two attached hydrogens (primary N) is 1. The van der Waals surface area contributed by atoms with Gasteiger partial charge in [-0.1, -0.05) is 0 Å². The van der Waals surface area contributed by atoms with Crippen molar-refractivity contribution in [1.29, 1.82) is 0 Å². The van der Waals surface area contributed by atoms with Crippen LogP contribution in [0.5, 0.6) is 0 Å². The SMILES string of the molecule is CC(Cc1ccsc1)NS(=O)(=O)c1ccc(N)c(F)c1. The third-order valence-corrected chi connectivity index (χ3v) is 5.08. The Morgan fingerprint density at radius 1 is 1.40 bits per heavy atom. The topological polar surface area (TPSA) is 72.2 Å². The number of rotatable bonds is 5. The number of sulfonamides is 1. The van der Waals surface area contributed by atoms with Crippen molar-refractivity contribution in [1.82, 2.24) is 4.72 Å². The summed E-state index contributed by atoms with van der Waals surface area (Å²) in [5, 5.41) is 3.90. The molecule has 7 heteroatoms. The average Bonchev–Trinajstić information content (AvgIpc) is 2.84.